The summed E-state index contributed by atoms with van der Waals surface area (Å²) >= 11 is 1.49. The summed E-state index contributed by atoms with van der Waals surface area (Å²) < 4.78 is 12.5. The van der Waals surface area contributed by atoms with Crippen LogP contribution in [0, 0.1) is 13.0 Å². The van der Waals surface area contributed by atoms with E-state index in [1.165, 1.54) is 39.2 Å². The Hall–Kier alpha value is -2.22. The molecule has 0 saturated heterocycles. The van der Waals surface area contributed by atoms with Gasteiger partial charge in [0.25, 0.3) is 0 Å². The number of rotatable bonds is 8. The van der Waals surface area contributed by atoms with Crippen LogP contribution in [0.15, 0.2) is 109 Å². The topological polar surface area (TPSA) is 51.5 Å². The molecular weight excluding hydrogens is 540 g/mol. The molecule has 0 amide bonds. The molecule has 5 rings (SSSR count). The molecule has 0 aliphatic rings. The second-order valence-electron chi connectivity index (χ2n) is 10.7. The average molecular weight is 576 g/mol. The van der Waals surface area contributed by atoms with E-state index in [4.69, 9.17) is 9.47 Å². The first-order valence-corrected chi connectivity index (χ1v) is 13.7. The SMILES string of the molecule is Cc1cccc(C(C)(C)c2cccc(Oc3ccc(Oc4cccc(C(C)(C)c5c[c-]ccc5)c4)s3)c2)c1.[K+].[OH3+]. The van der Waals surface area contributed by atoms with Crippen LogP contribution < -0.4 is 60.9 Å². The fourth-order valence-corrected chi connectivity index (χ4v) is 5.44. The largest absolute Gasteiger partial charge is 1.00 e. The van der Waals surface area contributed by atoms with Crippen LogP contribution in [0.5, 0.6) is 21.6 Å². The molecule has 3 nitrogen and oxygen atoms in total. The van der Waals surface area contributed by atoms with Gasteiger partial charge in [-0.1, -0.05) is 93.1 Å². The van der Waals surface area contributed by atoms with Crippen molar-refractivity contribution in [3.63, 3.8) is 0 Å². The molecule has 200 valence electrons. The van der Waals surface area contributed by atoms with Crippen LogP contribution in [0.4, 0.5) is 0 Å². The van der Waals surface area contributed by atoms with E-state index in [0.717, 1.165) is 21.6 Å². The van der Waals surface area contributed by atoms with Crippen LogP contribution in [-0.4, -0.2) is 0 Å². The maximum Gasteiger partial charge on any atom is 1.00 e. The van der Waals surface area contributed by atoms with Gasteiger partial charge in [0.1, 0.15) is 11.5 Å². The van der Waals surface area contributed by atoms with Crippen molar-refractivity contribution >= 4 is 11.3 Å². The molecular formula is C35H36KO3S+. The number of benzene rings is 4. The fourth-order valence-electron chi connectivity index (χ4n) is 4.69. The second-order valence-corrected chi connectivity index (χ2v) is 11.8. The molecule has 3 N–H and O–H groups in total. The zero-order chi connectivity index (χ0) is 26.8. The predicted octanol–water partition coefficient (Wildman–Crippen LogP) is 6.18. The van der Waals surface area contributed by atoms with Crippen LogP contribution in [0.3, 0.4) is 0 Å². The molecule has 0 aliphatic heterocycles. The molecule has 1 heterocycles. The predicted molar refractivity (Wildman–Crippen MR) is 163 cm³/mol. The van der Waals surface area contributed by atoms with Crippen molar-refractivity contribution in [2.75, 3.05) is 0 Å². The van der Waals surface area contributed by atoms with E-state index < -0.39 is 0 Å². The van der Waals surface area contributed by atoms with Gasteiger partial charge in [0, 0.05) is 5.41 Å². The van der Waals surface area contributed by atoms with Crippen LogP contribution in [0.2, 0.25) is 0 Å². The van der Waals surface area contributed by atoms with Gasteiger partial charge in [-0.2, -0.15) is 30.3 Å². The maximum absolute atomic E-state index is 6.26. The minimum absolute atomic E-state index is 0. The van der Waals surface area contributed by atoms with Gasteiger partial charge in [0.15, 0.2) is 10.1 Å². The van der Waals surface area contributed by atoms with E-state index in [1.54, 1.807) is 0 Å². The number of thiophene rings is 1. The van der Waals surface area contributed by atoms with Crippen molar-refractivity contribution in [2.45, 2.75) is 45.4 Å². The number of ether oxygens (including phenoxy) is 2. The molecule has 0 spiro atoms. The summed E-state index contributed by atoms with van der Waals surface area (Å²) in [4.78, 5) is 0. The molecule has 0 radical (unpaired) electrons. The summed E-state index contributed by atoms with van der Waals surface area (Å²) in [6.45, 7) is 11.1. The first-order chi connectivity index (χ1) is 18.2. The third kappa shape index (κ3) is 7.34. The van der Waals surface area contributed by atoms with Gasteiger partial charge in [0.05, 0.1) is 0 Å². The van der Waals surface area contributed by atoms with Crippen molar-refractivity contribution in [1.82, 2.24) is 0 Å². The van der Waals surface area contributed by atoms with Crippen LogP contribution in [0.1, 0.15) is 55.5 Å². The Bertz CT molecular complexity index is 1540. The van der Waals surface area contributed by atoms with Crippen molar-refractivity contribution in [3.05, 3.63) is 143 Å². The third-order valence-corrected chi connectivity index (χ3v) is 8.11. The molecule has 0 unspecified atom stereocenters. The molecule has 0 fully saturated rings. The molecule has 1 aromatic heterocycles. The Balaban J connectivity index is 0.00000220. The van der Waals surface area contributed by atoms with E-state index in [1.807, 2.05) is 48.5 Å². The number of aryl methyl sites for hydroxylation is 1. The van der Waals surface area contributed by atoms with Crippen molar-refractivity contribution in [1.29, 1.82) is 0 Å². The van der Waals surface area contributed by atoms with Gasteiger partial charge < -0.3 is 14.9 Å². The Kier molecular flexibility index (Phi) is 11.0. The van der Waals surface area contributed by atoms with Crippen LogP contribution >= 0.6 is 11.3 Å². The first-order valence-electron chi connectivity index (χ1n) is 12.9. The molecule has 0 aliphatic carbocycles. The minimum Gasteiger partial charge on any atom is -0.457 e. The summed E-state index contributed by atoms with van der Waals surface area (Å²) in [6, 6.07) is 40.6. The van der Waals surface area contributed by atoms with Crippen LogP contribution in [0.25, 0.3) is 0 Å². The van der Waals surface area contributed by atoms with E-state index in [-0.39, 0.29) is 67.7 Å². The average Bonchev–Trinajstić information content (AvgIpc) is 3.36. The summed E-state index contributed by atoms with van der Waals surface area (Å²) in [6.07, 6.45) is 0. The minimum atomic E-state index is -0.155. The maximum atomic E-state index is 6.26. The zero-order valence-corrected chi connectivity index (χ0v) is 28.1. The summed E-state index contributed by atoms with van der Waals surface area (Å²) in [5, 5.41) is 1.58. The van der Waals surface area contributed by atoms with Crippen molar-refractivity contribution in [3.8, 4) is 21.6 Å². The van der Waals surface area contributed by atoms with Crippen molar-refractivity contribution in [2.24, 2.45) is 0 Å². The van der Waals surface area contributed by atoms with Gasteiger partial charge in [-0.3, -0.25) is 0 Å². The molecule has 4 aromatic carbocycles. The Labute approximate surface area is 284 Å². The Morgan fingerprint density at radius 3 is 1.57 bits per heavy atom. The number of hydrogen-bond donors (Lipinski definition) is 0. The smallest absolute Gasteiger partial charge is 0.457 e. The molecule has 5 heteroatoms. The standard InChI is InChI=1S/C35H33O2S.K.H2O/c1-25-12-9-15-27(22-25)35(4,5)29-17-11-19-31(24-29)37-33-21-20-32(38-33)36-30-18-10-16-28(23-30)34(2,3)26-13-7-6-8-14-26;;/h6-7,9-24H,1-5H3;;1H2/q-1;+1;/p+1. The van der Waals surface area contributed by atoms with Crippen LogP contribution in [-0.2, 0) is 16.3 Å². The molecule has 0 bridgehead atoms. The number of hydrogen-bond acceptors (Lipinski definition) is 3. The van der Waals surface area contributed by atoms with Gasteiger partial charge in [-0.05, 0) is 65.4 Å². The molecule has 0 atom stereocenters. The molecule has 40 heavy (non-hydrogen) atoms. The van der Waals surface area contributed by atoms with Crippen molar-refractivity contribution < 1.29 is 66.3 Å². The summed E-state index contributed by atoms with van der Waals surface area (Å²) in [5.41, 5.74) is 5.89. The van der Waals surface area contributed by atoms with Gasteiger partial charge in [0.2, 0.25) is 0 Å². The zero-order valence-electron chi connectivity index (χ0n) is 24.2. The monoisotopic (exact) mass is 575 g/mol. The van der Waals surface area contributed by atoms with E-state index in [0.29, 0.717) is 0 Å². The second kappa shape index (κ2) is 13.6. The molecule has 0 saturated carbocycles. The summed E-state index contributed by atoms with van der Waals surface area (Å²) in [5.74, 6) is 1.63. The normalized spacial score (nSPS) is 11.2. The van der Waals surface area contributed by atoms with Gasteiger partial charge in [-0.25, -0.2) is 0 Å². The fraction of sp³-hybridized carbons (Fsp3) is 0.200. The van der Waals surface area contributed by atoms with E-state index in [9.17, 15) is 0 Å². The third-order valence-electron chi connectivity index (χ3n) is 7.27. The summed E-state index contributed by atoms with van der Waals surface area (Å²) in [7, 11) is 0. The van der Waals surface area contributed by atoms with Gasteiger partial charge in [-0.15, -0.1) is 5.56 Å². The quantitative estimate of drug-likeness (QED) is 0.126. The van der Waals surface area contributed by atoms with E-state index >= 15 is 0 Å². The van der Waals surface area contributed by atoms with E-state index in [2.05, 4.69) is 101 Å². The Morgan fingerprint density at radius 2 is 1.07 bits per heavy atom. The first kappa shape index (κ1) is 32.3. The Morgan fingerprint density at radius 1 is 0.600 bits per heavy atom. The van der Waals surface area contributed by atoms with Gasteiger partial charge >= 0.3 is 51.4 Å². The molecule has 5 aromatic rings.